The number of hydrogen-bond acceptors (Lipinski definition) is 2. The fourth-order valence-corrected chi connectivity index (χ4v) is 3.82. The second-order valence-corrected chi connectivity index (χ2v) is 6.19. The van der Waals surface area contributed by atoms with E-state index in [1.54, 1.807) is 24.3 Å². The highest BCUT2D eigenvalue weighted by Gasteiger charge is 2.19. The SMILES string of the molecule is Cc1cc(F)ccc1C(=O)c1cc2c(s1)CCCC2. The fraction of sp³-hybridized carbons (Fsp3) is 0.312. The van der Waals surface area contributed by atoms with Gasteiger partial charge in [0.25, 0.3) is 0 Å². The van der Waals surface area contributed by atoms with Crippen molar-refractivity contribution >= 4 is 17.1 Å². The lowest BCUT2D eigenvalue weighted by molar-refractivity contribution is 0.104. The Bertz CT molecular complexity index is 619. The molecule has 0 saturated heterocycles. The molecule has 19 heavy (non-hydrogen) atoms. The molecule has 0 saturated carbocycles. The minimum atomic E-state index is -0.292. The van der Waals surface area contributed by atoms with E-state index in [1.165, 1.54) is 35.4 Å². The molecule has 0 amide bonds. The maximum atomic E-state index is 13.1. The van der Waals surface area contributed by atoms with Crippen molar-refractivity contribution in [2.24, 2.45) is 0 Å². The van der Waals surface area contributed by atoms with Gasteiger partial charge in [0.05, 0.1) is 4.88 Å². The molecule has 1 aromatic carbocycles. The Hall–Kier alpha value is -1.48. The Morgan fingerprint density at radius 1 is 1.21 bits per heavy atom. The summed E-state index contributed by atoms with van der Waals surface area (Å²) in [7, 11) is 0. The van der Waals surface area contributed by atoms with Crippen LogP contribution in [0.1, 0.15) is 44.1 Å². The smallest absolute Gasteiger partial charge is 0.203 e. The molecule has 0 N–H and O–H groups in total. The fourth-order valence-electron chi connectivity index (χ4n) is 2.62. The lowest BCUT2D eigenvalue weighted by Crippen LogP contribution is -2.01. The molecule has 3 heteroatoms. The Morgan fingerprint density at radius 3 is 2.74 bits per heavy atom. The summed E-state index contributed by atoms with van der Waals surface area (Å²) in [6.07, 6.45) is 4.61. The standard InChI is InChI=1S/C16H15FOS/c1-10-8-12(17)6-7-13(10)16(18)15-9-11-4-2-3-5-14(11)19-15/h6-9H,2-5H2,1H3. The molecule has 0 unspecified atom stereocenters. The number of ketones is 1. The summed E-state index contributed by atoms with van der Waals surface area (Å²) in [5.74, 6) is -0.267. The quantitative estimate of drug-likeness (QED) is 0.746. The van der Waals surface area contributed by atoms with Crippen LogP contribution in [-0.2, 0) is 12.8 Å². The van der Waals surface area contributed by atoms with Crippen LogP contribution < -0.4 is 0 Å². The largest absolute Gasteiger partial charge is 0.288 e. The molecule has 0 atom stereocenters. The Morgan fingerprint density at radius 2 is 2.00 bits per heavy atom. The van der Waals surface area contributed by atoms with Crippen molar-refractivity contribution in [3.63, 3.8) is 0 Å². The molecule has 0 bridgehead atoms. The third-order valence-corrected chi connectivity index (χ3v) is 4.89. The lowest BCUT2D eigenvalue weighted by atomic mass is 9.98. The van der Waals surface area contributed by atoms with E-state index in [2.05, 4.69) is 0 Å². The molecule has 3 rings (SSSR count). The Balaban J connectivity index is 1.97. The molecule has 98 valence electrons. The topological polar surface area (TPSA) is 17.1 Å². The third-order valence-electron chi connectivity index (χ3n) is 3.65. The zero-order valence-electron chi connectivity index (χ0n) is 10.8. The van der Waals surface area contributed by atoms with E-state index >= 15 is 0 Å². The molecule has 1 aliphatic carbocycles. The van der Waals surface area contributed by atoms with Gasteiger partial charge in [0.2, 0.25) is 5.78 Å². The van der Waals surface area contributed by atoms with E-state index in [1.807, 2.05) is 6.07 Å². The summed E-state index contributed by atoms with van der Waals surface area (Å²) in [5.41, 5.74) is 2.65. The van der Waals surface area contributed by atoms with Crippen LogP contribution in [0.15, 0.2) is 24.3 Å². The number of carbonyl (C=O) groups is 1. The molecule has 0 aliphatic heterocycles. The van der Waals surface area contributed by atoms with Crippen molar-refractivity contribution in [3.8, 4) is 0 Å². The van der Waals surface area contributed by atoms with Crippen molar-refractivity contribution in [2.75, 3.05) is 0 Å². The van der Waals surface area contributed by atoms with Gasteiger partial charge in [0.1, 0.15) is 5.82 Å². The van der Waals surface area contributed by atoms with Crippen LogP contribution in [0.25, 0.3) is 0 Å². The molecular weight excluding hydrogens is 259 g/mol. The third kappa shape index (κ3) is 2.35. The summed E-state index contributed by atoms with van der Waals surface area (Å²) < 4.78 is 13.1. The molecule has 1 aliphatic rings. The summed E-state index contributed by atoms with van der Waals surface area (Å²) in [5, 5.41) is 0. The number of hydrogen-bond donors (Lipinski definition) is 0. The maximum absolute atomic E-state index is 13.1. The van der Waals surface area contributed by atoms with Gasteiger partial charge in [-0.2, -0.15) is 0 Å². The number of halogens is 1. The number of aryl methyl sites for hydroxylation is 3. The zero-order valence-corrected chi connectivity index (χ0v) is 11.6. The van der Waals surface area contributed by atoms with E-state index < -0.39 is 0 Å². The summed E-state index contributed by atoms with van der Waals surface area (Å²) >= 11 is 1.61. The van der Waals surface area contributed by atoms with Crippen LogP contribution in [-0.4, -0.2) is 5.78 Å². The van der Waals surface area contributed by atoms with Crippen LogP contribution >= 0.6 is 11.3 Å². The van der Waals surface area contributed by atoms with Crippen molar-refractivity contribution in [3.05, 3.63) is 56.5 Å². The van der Waals surface area contributed by atoms with Crippen molar-refractivity contribution in [1.29, 1.82) is 0 Å². The first-order chi connectivity index (χ1) is 9.15. The summed E-state index contributed by atoms with van der Waals surface area (Å²) in [6.45, 7) is 1.78. The molecule has 1 aromatic heterocycles. The van der Waals surface area contributed by atoms with Gasteiger partial charge in [-0.05, 0) is 68.0 Å². The maximum Gasteiger partial charge on any atom is 0.203 e. The molecule has 1 heterocycles. The molecule has 0 radical (unpaired) electrons. The second-order valence-electron chi connectivity index (χ2n) is 5.05. The first kappa shape index (κ1) is 12.5. The van der Waals surface area contributed by atoms with E-state index in [9.17, 15) is 9.18 Å². The van der Waals surface area contributed by atoms with Gasteiger partial charge in [0, 0.05) is 10.4 Å². The minimum absolute atomic E-state index is 0.0249. The number of carbonyl (C=O) groups excluding carboxylic acids is 1. The van der Waals surface area contributed by atoms with Crippen LogP contribution in [0.2, 0.25) is 0 Å². The highest BCUT2D eigenvalue weighted by Crippen LogP contribution is 2.31. The van der Waals surface area contributed by atoms with Gasteiger partial charge >= 0.3 is 0 Å². The van der Waals surface area contributed by atoms with Gasteiger partial charge in [-0.1, -0.05) is 0 Å². The predicted octanol–water partition coefficient (Wildman–Crippen LogP) is 4.31. The van der Waals surface area contributed by atoms with E-state index in [0.717, 1.165) is 17.7 Å². The first-order valence-corrected chi connectivity index (χ1v) is 7.39. The van der Waals surface area contributed by atoms with Crippen molar-refractivity contribution < 1.29 is 9.18 Å². The average molecular weight is 274 g/mol. The lowest BCUT2D eigenvalue weighted by Gasteiger charge is -2.08. The number of thiophene rings is 1. The average Bonchev–Trinajstić information content (AvgIpc) is 2.81. The number of rotatable bonds is 2. The molecule has 1 nitrogen and oxygen atoms in total. The monoisotopic (exact) mass is 274 g/mol. The summed E-state index contributed by atoms with van der Waals surface area (Å²) in [6, 6.07) is 6.39. The van der Waals surface area contributed by atoms with Crippen LogP contribution in [0.5, 0.6) is 0 Å². The van der Waals surface area contributed by atoms with Gasteiger partial charge in [-0.25, -0.2) is 4.39 Å². The van der Waals surface area contributed by atoms with Crippen LogP contribution in [0.3, 0.4) is 0 Å². The van der Waals surface area contributed by atoms with Gasteiger partial charge in [0.15, 0.2) is 0 Å². The van der Waals surface area contributed by atoms with Crippen LogP contribution in [0, 0.1) is 12.7 Å². The highest BCUT2D eigenvalue weighted by molar-refractivity contribution is 7.14. The molecule has 2 aromatic rings. The van der Waals surface area contributed by atoms with Gasteiger partial charge < -0.3 is 0 Å². The number of fused-ring (bicyclic) bond motifs is 1. The normalized spacial score (nSPS) is 14.2. The Kier molecular flexibility index (Phi) is 3.23. The number of benzene rings is 1. The first-order valence-electron chi connectivity index (χ1n) is 6.57. The van der Waals surface area contributed by atoms with Gasteiger partial charge in [-0.3, -0.25) is 4.79 Å². The molecular formula is C16H15FOS. The van der Waals surface area contributed by atoms with Crippen LogP contribution in [0.4, 0.5) is 4.39 Å². The van der Waals surface area contributed by atoms with E-state index in [-0.39, 0.29) is 11.6 Å². The van der Waals surface area contributed by atoms with Gasteiger partial charge in [-0.15, -0.1) is 11.3 Å². The molecule has 0 spiro atoms. The highest BCUT2D eigenvalue weighted by atomic mass is 32.1. The van der Waals surface area contributed by atoms with Crippen molar-refractivity contribution in [2.45, 2.75) is 32.6 Å². The minimum Gasteiger partial charge on any atom is -0.288 e. The molecule has 0 fully saturated rings. The van der Waals surface area contributed by atoms with Crippen molar-refractivity contribution in [1.82, 2.24) is 0 Å². The Labute approximate surface area is 116 Å². The predicted molar refractivity (Wildman–Crippen MR) is 75.5 cm³/mol. The van der Waals surface area contributed by atoms with E-state index in [0.29, 0.717) is 11.1 Å². The second kappa shape index (κ2) is 4.89. The van der Waals surface area contributed by atoms with E-state index in [4.69, 9.17) is 0 Å². The summed E-state index contributed by atoms with van der Waals surface area (Å²) in [4.78, 5) is 14.6. The zero-order chi connectivity index (χ0) is 13.4.